The molecule has 1 atom stereocenters. The molecule has 1 saturated heterocycles. The molecule has 0 aromatic heterocycles. The van der Waals surface area contributed by atoms with E-state index in [2.05, 4.69) is 10.2 Å². The Balaban J connectivity index is 1.63. The predicted octanol–water partition coefficient (Wildman–Crippen LogP) is 2.28. The lowest BCUT2D eigenvalue weighted by molar-refractivity contribution is -0.129. The number of likely N-dealkylation sites (N-methyl/N-ethyl adjacent to an activating group) is 1. The van der Waals surface area contributed by atoms with E-state index in [1.807, 2.05) is 6.92 Å². The van der Waals surface area contributed by atoms with Crippen LogP contribution in [0.15, 0.2) is 24.3 Å². The summed E-state index contributed by atoms with van der Waals surface area (Å²) in [6, 6.07) is 5.74. The van der Waals surface area contributed by atoms with Crippen molar-refractivity contribution in [2.45, 2.75) is 38.6 Å². The zero-order valence-electron chi connectivity index (χ0n) is 15.4. The van der Waals surface area contributed by atoms with Crippen LogP contribution in [0.4, 0.5) is 4.39 Å². The summed E-state index contributed by atoms with van der Waals surface area (Å²) in [7, 11) is 0. The van der Waals surface area contributed by atoms with E-state index in [0.717, 1.165) is 12.8 Å². The van der Waals surface area contributed by atoms with Gasteiger partial charge in [0.05, 0.1) is 6.04 Å². The summed E-state index contributed by atoms with van der Waals surface area (Å²) in [6.07, 6.45) is 4.59. The Morgan fingerprint density at radius 2 is 1.88 bits per heavy atom. The quantitative estimate of drug-likeness (QED) is 0.875. The summed E-state index contributed by atoms with van der Waals surface area (Å²) in [4.78, 5) is 29.2. The highest BCUT2D eigenvalue weighted by molar-refractivity contribution is 5.94. The molecule has 3 rings (SSSR count). The van der Waals surface area contributed by atoms with Gasteiger partial charge in [-0.1, -0.05) is 18.9 Å². The minimum absolute atomic E-state index is 0.0936. The number of amides is 2. The molecule has 2 amide bonds. The molecule has 2 fully saturated rings. The van der Waals surface area contributed by atoms with Crippen LogP contribution in [-0.2, 0) is 4.79 Å². The maximum absolute atomic E-state index is 13.4. The normalized spacial score (nSPS) is 20.2. The van der Waals surface area contributed by atoms with E-state index in [-0.39, 0.29) is 17.9 Å². The van der Waals surface area contributed by atoms with Crippen LogP contribution in [0.1, 0.15) is 43.0 Å². The lowest BCUT2D eigenvalue weighted by atomic mass is 9.95. The van der Waals surface area contributed by atoms with Gasteiger partial charge in [-0.3, -0.25) is 14.5 Å². The van der Waals surface area contributed by atoms with Gasteiger partial charge in [-0.05, 0) is 43.9 Å². The Labute approximate surface area is 154 Å². The predicted molar refractivity (Wildman–Crippen MR) is 98.3 cm³/mol. The molecule has 142 valence electrons. The summed E-state index contributed by atoms with van der Waals surface area (Å²) in [5, 5.41) is 2.98. The van der Waals surface area contributed by atoms with Gasteiger partial charge in [0.25, 0.3) is 5.91 Å². The van der Waals surface area contributed by atoms with Crippen molar-refractivity contribution in [3.05, 3.63) is 35.6 Å². The van der Waals surface area contributed by atoms with Crippen molar-refractivity contribution < 1.29 is 14.0 Å². The van der Waals surface area contributed by atoms with E-state index >= 15 is 0 Å². The van der Waals surface area contributed by atoms with E-state index < -0.39 is 5.82 Å². The summed E-state index contributed by atoms with van der Waals surface area (Å²) < 4.78 is 13.4. The van der Waals surface area contributed by atoms with E-state index in [4.69, 9.17) is 0 Å². The van der Waals surface area contributed by atoms with Crippen LogP contribution in [-0.4, -0.2) is 60.4 Å². The Morgan fingerprint density at radius 3 is 2.50 bits per heavy atom. The largest absolute Gasteiger partial charge is 0.355 e. The van der Waals surface area contributed by atoms with E-state index in [1.165, 1.54) is 25.0 Å². The maximum atomic E-state index is 13.4. The van der Waals surface area contributed by atoms with Gasteiger partial charge in [0.15, 0.2) is 0 Å². The monoisotopic (exact) mass is 361 g/mol. The average Bonchev–Trinajstić information content (AvgIpc) is 3.16. The molecular weight excluding hydrogens is 333 g/mol. The number of benzene rings is 1. The van der Waals surface area contributed by atoms with Crippen molar-refractivity contribution in [3.8, 4) is 0 Å². The molecule has 1 N–H and O–H groups in total. The van der Waals surface area contributed by atoms with Gasteiger partial charge < -0.3 is 10.2 Å². The topological polar surface area (TPSA) is 52.7 Å². The highest BCUT2D eigenvalue weighted by atomic mass is 19.1. The minimum atomic E-state index is -0.396. The average molecular weight is 361 g/mol. The van der Waals surface area contributed by atoms with Crippen LogP contribution < -0.4 is 5.32 Å². The second-order valence-corrected chi connectivity index (χ2v) is 7.22. The van der Waals surface area contributed by atoms with Gasteiger partial charge in [0.2, 0.25) is 5.91 Å². The van der Waals surface area contributed by atoms with Crippen molar-refractivity contribution in [3.63, 3.8) is 0 Å². The zero-order valence-corrected chi connectivity index (χ0v) is 15.4. The number of carbonyl (C=O) groups is 2. The molecule has 1 aromatic rings. The molecule has 0 unspecified atom stereocenters. The lowest BCUT2D eigenvalue weighted by Crippen LogP contribution is -2.58. The smallest absolute Gasteiger partial charge is 0.254 e. The van der Waals surface area contributed by atoms with Gasteiger partial charge in [0, 0.05) is 38.3 Å². The summed E-state index contributed by atoms with van der Waals surface area (Å²) in [5.41, 5.74) is 0.384. The van der Waals surface area contributed by atoms with E-state index in [1.54, 1.807) is 17.0 Å². The van der Waals surface area contributed by atoms with E-state index in [0.29, 0.717) is 44.2 Å². The number of piperazine rings is 1. The molecule has 2 aliphatic rings. The van der Waals surface area contributed by atoms with Crippen LogP contribution in [0, 0.1) is 11.7 Å². The number of nitrogens with zero attached hydrogens (tertiary/aromatic N) is 2. The van der Waals surface area contributed by atoms with Crippen molar-refractivity contribution in [1.29, 1.82) is 0 Å². The molecule has 1 aromatic carbocycles. The molecule has 1 aliphatic carbocycles. The Hall–Kier alpha value is -1.95. The molecular formula is C20H28FN3O2. The maximum Gasteiger partial charge on any atom is 0.254 e. The first kappa shape index (κ1) is 18.8. The van der Waals surface area contributed by atoms with Crippen LogP contribution in [0.25, 0.3) is 0 Å². The molecule has 26 heavy (non-hydrogen) atoms. The molecule has 0 spiro atoms. The second-order valence-electron chi connectivity index (χ2n) is 7.22. The summed E-state index contributed by atoms with van der Waals surface area (Å²) in [6.45, 7) is 5.08. The van der Waals surface area contributed by atoms with Crippen molar-refractivity contribution in [2.24, 2.45) is 5.92 Å². The van der Waals surface area contributed by atoms with Gasteiger partial charge in [-0.2, -0.15) is 0 Å². The molecule has 1 saturated carbocycles. The number of nitrogens with one attached hydrogen (secondary N) is 1. The summed E-state index contributed by atoms with van der Waals surface area (Å²) in [5.74, 6) is -0.0112. The van der Waals surface area contributed by atoms with Gasteiger partial charge in [-0.25, -0.2) is 4.39 Å². The van der Waals surface area contributed by atoms with Crippen LogP contribution >= 0.6 is 0 Å². The van der Waals surface area contributed by atoms with Gasteiger partial charge >= 0.3 is 0 Å². The Bertz CT molecular complexity index is 638. The van der Waals surface area contributed by atoms with E-state index in [9.17, 15) is 14.0 Å². The van der Waals surface area contributed by atoms with Crippen molar-refractivity contribution in [1.82, 2.24) is 15.1 Å². The zero-order chi connectivity index (χ0) is 18.5. The SMILES string of the molecule is CCNC(=O)[C@@H](C1CCCC1)N1CCN(C(=O)c2cccc(F)c2)CC1. The number of hydrogen-bond donors (Lipinski definition) is 1. The highest BCUT2D eigenvalue weighted by Crippen LogP contribution is 2.31. The third kappa shape index (κ3) is 4.23. The van der Waals surface area contributed by atoms with Crippen LogP contribution in [0.5, 0.6) is 0 Å². The highest BCUT2D eigenvalue weighted by Gasteiger charge is 2.37. The van der Waals surface area contributed by atoms with Crippen molar-refractivity contribution in [2.75, 3.05) is 32.7 Å². The number of halogens is 1. The van der Waals surface area contributed by atoms with Crippen LogP contribution in [0.2, 0.25) is 0 Å². The first-order chi connectivity index (χ1) is 12.6. The first-order valence-corrected chi connectivity index (χ1v) is 9.66. The van der Waals surface area contributed by atoms with Crippen LogP contribution in [0.3, 0.4) is 0 Å². The van der Waals surface area contributed by atoms with Gasteiger partial charge in [0.1, 0.15) is 5.82 Å². The molecule has 6 heteroatoms. The first-order valence-electron chi connectivity index (χ1n) is 9.66. The fourth-order valence-corrected chi connectivity index (χ4v) is 4.24. The number of rotatable bonds is 5. The van der Waals surface area contributed by atoms with Gasteiger partial charge in [-0.15, -0.1) is 0 Å². The summed E-state index contributed by atoms with van der Waals surface area (Å²) >= 11 is 0. The number of hydrogen-bond acceptors (Lipinski definition) is 3. The molecule has 5 nitrogen and oxygen atoms in total. The fourth-order valence-electron chi connectivity index (χ4n) is 4.24. The minimum Gasteiger partial charge on any atom is -0.355 e. The number of carbonyl (C=O) groups excluding carboxylic acids is 2. The molecule has 1 heterocycles. The Morgan fingerprint density at radius 1 is 1.19 bits per heavy atom. The fraction of sp³-hybridized carbons (Fsp3) is 0.600. The second kappa shape index (κ2) is 8.62. The Kier molecular flexibility index (Phi) is 6.25. The van der Waals surface area contributed by atoms with Crippen molar-refractivity contribution >= 4 is 11.8 Å². The molecule has 0 radical (unpaired) electrons. The third-order valence-corrected chi connectivity index (χ3v) is 5.53. The standard InChI is InChI=1S/C20H28FN3O2/c1-2-22-19(25)18(15-6-3-4-7-15)23-10-12-24(13-11-23)20(26)16-8-5-9-17(21)14-16/h5,8-9,14-15,18H,2-4,6-7,10-13H2,1H3,(H,22,25)/t18-/m1/s1. The molecule has 1 aliphatic heterocycles. The third-order valence-electron chi connectivity index (χ3n) is 5.53. The molecule has 0 bridgehead atoms. The lowest BCUT2D eigenvalue weighted by Gasteiger charge is -2.40.